The molecule has 1 aromatic rings. The van der Waals surface area contributed by atoms with E-state index in [0.717, 1.165) is 51.0 Å². The summed E-state index contributed by atoms with van der Waals surface area (Å²) < 4.78 is 5.40. The third-order valence-electron chi connectivity index (χ3n) is 2.51. The van der Waals surface area contributed by atoms with Crippen LogP contribution in [0.15, 0.2) is 0 Å². The van der Waals surface area contributed by atoms with E-state index >= 15 is 0 Å². The zero-order chi connectivity index (χ0) is 11.2. The number of aromatic nitrogens is 3. The summed E-state index contributed by atoms with van der Waals surface area (Å²) >= 11 is 0. The minimum atomic E-state index is 0.521. The van der Waals surface area contributed by atoms with Gasteiger partial charge in [0.2, 0.25) is 5.95 Å². The Bertz CT molecular complexity index is 308. The Kier molecular flexibility index (Phi) is 4.12. The van der Waals surface area contributed by atoms with Crippen LogP contribution in [0.3, 0.4) is 0 Å². The van der Waals surface area contributed by atoms with Crippen molar-refractivity contribution >= 4 is 5.95 Å². The summed E-state index contributed by atoms with van der Waals surface area (Å²) in [6, 6.07) is 0. The summed E-state index contributed by atoms with van der Waals surface area (Å²) in [5.41, 5.74) is 0. The van der Waals surface area contributed by atoms with Crippen LogP contribution in [0.2, 0.25) is 0 Å². The molecule has 1 aliphatic heterocycles. The van der Waals surface area contributed by atoms with Crippen molar-refractivity contribution in [3.8, 4) is 0 Å². The predicted molar refractivity (Wildman–Crippen MR) is 61.4 cm³/mol. The van der Waals surface area contributed by atoms with Gasteiger partial charge in [0.15, 0.2) is 5.82 Å². The Balaban J connectivity index is 1.85. The van der Waals surface area contributed by atoms with Crippen molar-refractivity contribution in [1.82, 2.24) is 20.5 Å². The number of hydrogen-bond donors (Lipinski definition) is 2. The zero-order valence-corrected chi connectivity index (χ0v) is 9.70. The lowest BCUT2D eigenvalue weighted by Gasteiger charge is -2.25. The largest absolute Gasteiger partial charge is 0.373 e. The van der Waals surface area contributed by atoms with Gasteiger partial charge in [-0.15, -0.1) is 5.10 Å². The molecule has 1 aliphatic rings. The molecule has 0 amide bonds. The Morgan fingerprint density at radius 3 is 2.94 bits per heavy atom. The van der Waals surface area contributed by atoms with Gasteiger partial charge < -0.3 is 15.0 Å². The molecule has 1 aromatic heterocycles. The van der Waals surface area contributed by atoms with Crippen molar-refractivity contribution < 1.29 is 4.74 Å². The number of hydrogen-bond acceptors (Lipinski definition) is 5. The fraction of sp³-hybridized carbons (Fsp3) is 0.800. The van der Waals surface area contributed by atoms with E-state index in [-0.39, 0.29) is 0 Å². The van der Waals surface area contributed by atoms with Crippen LogP contribution in [0.25, 0.3) is 0 Å². The molecule has 0 saturated carbocycles. The van der Waals surface area contributed by atoms with E-state index in [1.807, 2.05) is 0 Å². The second kappa shape index (κ2) is 5.81. The standard InChI is InChI=1S/C10H19N5O/c1-2-7-16-8-9-12-10(14-13-9)15-5-3-11-4-6-15/h11H,2-8H2,1H3,(H,12,13,14). The average molecular weight is 225 g/mol. The Morgan fingerprint density at radius 2 is 2.19 bits per heavy atom. The van der Waals surface area contributed by atoms with Gasteiger partial charge in [-0.3, -0.25) is 5.10 Å². The molecule has 0 bridgehead atoms. The molecule has 0 unspecified atom stereocenters. The SMILES string of the molecule is CCCOCc1nc(N2CCNCC2)n[nH]1. The molecular formula is C10H19N5O. The van der Waals surface area contributed by atoms with Crippen LogP contribution in [0.5, 0.6) is 0 Å². The van der Waals surface area contributed by atoms with Gasteiger partial charge in [0, 0.05) is 32.8 Å². The summed E-state index contributed by atoms with van der Waals surface area (Å²) in [6.07, 6.45) is 1.03. The summed E-state index contributed by atoms with van der Waals surface area (Å²) in [4.78, 5) is 6.59. The second-order valence-corrected chi connectivity index (χ2v) is 3.87. The molecule has 2 N–H and O–H groups in total. The van der Waals surface area contributed by atoms with E-state index in [2.05, 4.69) is 32.3 Å². The summed E-state index contributed by atoms with van der Waals surface area (Å²) in [7, 11) is 0. The minimum absolute atomic E-state index is 0.521. The highest BCUT2D eigenvalue weighted by Gasteiger charge is 2.14. The Labute approximate surface area is 95.4 Å². The highest BCUT2D eigenvalue weighted by atomic mass is 16.5. The lowest BCUT2D eigenvalue weighted by Crippen LogP contribution is -2.44. The number of anilines is 1. The number of nitrogens with zero attached hydrogens (tertiary/aromatic N) is 3. The van der Waals surface area contributed by atoms with Crippen molar-refractivity contribution in [3.05, 3.63) is 5.82 Å². The number of nitrogens with one attached hydrogen (secondary N) is 2. The van der Waals surface area contributed by atoms with Gasteiger partial charge in [-0.2, -0.15) is 4.98 Å². The zero-order valence-electron chi connectivity index (χ0n) is 9.70. The highest BCUT2D eigenvalue weighted by molar-refractivity contribution is 5.29. The number of piperazine rings is 1. The molecular weight excluding hydrogens is 206 g/mol. The Morgan fingerprint density at radius 1 is 1.38 bits per heavy atom. The Hall–Kier alpha value is -1.14. The summed E-state index contributed by atoms with van der Waals surface area (Å²) in [5, 5.41) is 10.4. The van der Waals surface area contributed by atoms with Gasteiger partial charge >= 0.3 is 0 Å². The molecule has 1 fully saturated rings. The van der Waals surface area contributed by atoms with Crippen LogP contribution in [0, 0.1) is 0 Å². The van der Waals surface area contributed by atoms with Gasteiger partial charge in [0.05, 0.1) is 0 Å². The lowest BCUT2D eigenvalue weighted by molar-refractivity contribution is 0.116. The molecule has 6 heteroatoms. The smallest absolute Gasteiger partial charge is 0.244 e. The summed E-state index contributed by atoms with van der Waals surface area (Å²) in [5.74, 6) is 1.60. The number of H-pyrrole nitrogens is 1. The van der Waals surface area contributed by atoms with Gasteiger partial charge in [-0.1, -0.05) is 6.92 Å². The molecule has 0 aliphatic carbocycles. The maximum absolute atomic E-state index is 5.40. The van der Waals surface area contributed by atoms with Crippen molar-refractivity contribution in [2.75, 3.05) is 37.7 Å². The average Bonchev–Trinajstić information content (AvgIpc) is 2.79. The fourth-order valence-corrected chi connectivity index (χ4v) is 1.67. The predicted octanol–water partition coefficient (Wildman–Crippen LogP) is 0.141. The fourth-order valence-electron chi connectivity index (χ4n) is 1.67. The van der Waals surface area contributed by atoms with Crippen LogP contribution in [-0.2, 0) is 11.3 Å². The maximum atomic E-state index is 5.40. The van der Waals surface area contributed by atoms with Crippen molar-refractivity contribution in [2.45, 2.75) is 20.0 Å². The highest BCUT2D eigenvalue weighted by Crippen LogP contribution is 2.08. The first kappa shape index (κ1) is 11.3. The monoisotopic (exact) mass is 225 g/mol. The van der Waals surface area contributed by atoms with Gasteiger partial charge in [0.1, 0.15) is 6.61 Å². The number of aromatic amines is 1. The third-order valence-corrected chi connectivity index (χ3v) is 2.51. The minimum Gasteiger partial charge on any atom is -0.373 e. The van der Waals surface area contributed by atoms with Crippen LogP contribution in [0.1, 0.15) is 19.2 Å². The van der Waals surface area contributed by atoms with Crippen LogP contribution < -0.4 is 10.2 Å². The van der Waals surface area contributed by atoms with Gasteiger partial charge in [-0.05, 0) is 6.42 Å². The number of ether oxygens (including phenoxy) is 1. The molecule has 0 spiro atoms. The van der Waals surface area contributed by atoms with E-state index < -0.39 is 0 Å². The van der Waals surface area contributed by atoms with Crippen molar-refractivity contribution in [1.29, 1.82) is 0 Å². The molecule has 1 saturated heterocycles. The molecule has 0 atom stereocenters. The van der Waals surface area contributed by atoms with Crippen LogP contribution in [-0.4, -0.2) is 48.0 Å². The molecule has 6 nitrogen and oxygen atoms in total. The molecule has 2 rings (SSSR count). The van der Waals surface area contributed by atoms with E-state index in [0.29, 0.717) is 6.61 Å². The molecule has 0 aromatic carbocycles. The third kappa shape index (κ3) is 2.93. The number of rotatable bonds is 5. The summed E-state index contributed by atoms with van der Waals surface area (Å²) in [6.45, 7) is 7.30. The molecule has 0 radical (unpaired) electrons. The first-order valence-electron chi connectivity index (χ1n) is 5.85. The maximum Gasteiger partial charge on any atom is 0.244 e. The van der Waals surface area contributed by atoms with E-state index in [4.69, 9.17) is 4.74 Å². The first-order valence-corrected chi connectivity index (χ1v) is 5.85. The second-order valence-electron chi connectivity index (χ2n) is 3.87. The van der Waals surface area contributed by atoms with Crippen LogP contribution in [0.4, 0.5) is 5.95 Å². The van der Waals surface area contributed by atoms with Gasteiger partial charge in [-0.25, -0.2) is 0 Å². The lowest BCUT2D eigenvalue weighted by atomic mass is 10.4. The molecule has 90 valence electrons. The van der Waals surface area contributed by atoms with Crippen molar-refractivity contribution in [2.24, 2.45) is 0 Å². The molecule has 2 heterocycles. The van der Waals surface area contributed by atoms with Gasteiger partial charge in [0.25, 0.3) is 0 Å². The molecule has 16 heavy (non-hydrogen) atoms. The van der Waals surface area contributed by atoms with E-state index in [1.165, 1.54) is 0 Å². The normalized spacial score (nSPS) is 16.7. The van der Waals surface area contributed by atoms with E-state index in [9.17, 15) is 0 Å². The topological polar surface area (TPSA) is 66.1 Å². The van der Waals surface area contributed by atoms with Crippen LogP contribution >= 0.6 is 0 Å². The van der Waals surface area contributed by atoms with E-state index in [1.54, 1.807) is 0 Å². The van der Waals surface area contributed by atoms with Crippen molar-refractivity contribution in [3.63, 3.8) is 0 Å². The first-order chi connectivity index (χ1) is 7.90. The quantitative estimate of drug-likeness (QED) is 0.698.